The maximum Gasteiger partial charge on any atom is 0.206 e. The molecular formula is C14H18N4O3. The van der Waals surface area contributed by atoms with Crippen LogP contribution in [0.3, 0.4) is 0 Å². The van der Waals surface area contributed by atoms with Crippen molar-refractivity contribution in [3.8, 4) is 11.5 Å². The molecule has 0 aliphatic rings. The number of ether oxygens (including phenoxy) is 2. The van der Waals surface area contributed by atoms with Crippen LogP contribution in [0.15, 0.2) is 41.8 Å². The number of amidine groups is 1. The lowest BCUT2D eigenvalue weighted by Gasteiger charge is -2.12. The number of aromatic nitrogens is 2. The van der Waals surface area contributed by atoms with Crippen LogP contribution in [-0.4, -0.2) is 33.8 Å². The molecule has 0 fully saturated rings. The second kappa shape index (κ2) is 7.18. The van der Waals surface area contributed by atoms with Crippen LogP contribution in [0.1, 0.15) is 12.7 Å². The van der Waals surface area contributed by atoms with E-state index in [0.29, 0.717) is 37.1 Å². The summed E-state index contributed by atoms with van der Waals surface area (Å²) in [6.45, 7) is 3.43. The van der Waals surface area contributed by atoms with Gasteiger partial charge in [-0.3, -0.25) is 0 Å². The maximum atomic E-state index is 8.69. The Balaban J connectivity index is 1.98. The zero-order chi connectivity index (χ0) is 15.1. The lowest BCUT2D eigenvalue weighted by molar-refractivity contribution is 0.266. The van der Waals surface area contributed by atoms with E-state index in [4.69, 9.17) is 20.4 Å². The van der Waals surface area contributed by atoms with Gasteiger partial charge in [0.2, 0.25) is 5.84 Å². The summed E-state index contributed by atoms with van der Waals surface area (Å²) >= 11 is 0. The molecule has 0 amide bonds. The largest absolute Gasteiger partial charge is 0.490 e. The summed E-state index contributed by atoms with van der Waals surface area (Å²) in [7, 11) is 0. The average Bonchev–Trinajstić information content (AvgIpc) is 2.97. The molecule has 1 aromatic heterocycles. The number of hydrogen-bond acceptors (Lipinski definition) is 5. The number of oxime groups is 1. The summed E-state index contributed by atoms with van der Waals surface area (Å²) in [6.07, 6.45) is 3.33. The van der Waals surface area contributed by atoms with Crippen molar-refractivity contribution in [1.82, 2.24) is 9.55 Å². The highest BCUT2D eigenvalue weighted by atomic mass is 16.5. The number of nitrogens with two attached hydrogens (primary N) is 1. The van der Waals surface area contributed by atoms with Gasteiger partial charge in [0.05, 0.1) is 13.2 Å². The van der Waals surface area contributed by atoms with E-state index in [-0.39, 0.29) is 5.84 Å². The highest BCUT2D eigenvalue weighted by Gasteiger charge is 2.08. The molecule has 0 aliphatic heterocycles. The molecule has 0 unspecified atom stereocenters. The van der Waals surface area contributed by atoms with Crippen LogP contribution in [0.2, 0.25) is 0 Å². The van der Waals surface area contributed by atoms with E-state index in [2.05, 4.69) is 10.1 Å². The molecule has 112 valence electrons. The second-order valence-corrected chi connectivity index (χ2v) is 4.16. The average molecular weight is 290 g/mol. The normalized spacial score (nSPS) is 11.4. The van der Waals surface area contributed by atoms with Gasteiger partial charge in [0, 0.05) is 12.4 Å². The number of para-hydroxylation sites is 2. The standard InChI is InChI=1S/C14H18N4O3/c1-2-20-11-5-3-4-6-12(11)21-10-9-18-8-7-16-14(18)13(15)17-19/h3-8,19H,2,9-10H2,1H3,(H2,15,17). The Morgan fingerprint density at radius 2 is 2.05 bits per heavy atom. The van der Waals surface area contributed by atoms with Crippen molar-refractivity contribution in [3.05, 3.63) is 42.5 Å². The molecule has 3 N–H and O–H groups in total. The monoisotopic (exact) mass is 290 g/mol. The van der Waals surface area contributed by atoms with Crippen molar-refractivity contribution in [1.29, 1.82) is 0 Å². The van der Waals surface area contributed by atoms with E-state index in [1.54, 1.807) is 17.0 Å². The van der Waals surface area contributed by atoms with Crippen molar-refractivity contribution in [3.63, 3.8) is 0 Å². The summed E-state index contributed by atoms with van der Waals surface area (Å²) in [6, 6.07) is 7.49. The molecule has 1 heterocycles. The lowest BCUT2D eigenvalue weighted by atomic mass is 10.3. The molecular weight excluding hydrogens is 272 g/mol. The van der Waals surface area contributed by atoms with Crippen LogP contribution in [0.4, 0.5) is 0 Å². The molecule has 0 atom stereocenters. The first kappa shape index (κ1) is 14.7. The molecule has 1 aromatic carbocycles. The Labute approximate surface area is 122 Å². The highest BCUT2D eigenvalue weighted by Crippen LogP contribution is 2.26. The zero-order valence-corrected chi connectivity index (χ0v) is 11.8. The zero-order valence-electron chi connectivity index (χ0n) is 11.8. The van der Waals surface area contributed by atoms with Gasteiger partial charge >= 0.3 is 0 Å². The van der Waals surface area contributed by atoms with E-state index in [9.17, 15) is 0 Å². The summed E-state index contributed by atoms with van der Waals surface area (Å²) in [5, 5.41) is 11.6. The van der Waals surface area contributed by atoms with Crippen LogP contribution < -0.4 is 15.2 Å². The van der Waals surface area contributed by atoms with E-state index in [0.717, 1.165) is 0 Å². The Kier molecular flexibility index (Phi) is 5.03. The van der Waals surface area contributed by atoms with Gasteiger partial charge in [-0.25, -0.2) is 4.98 Å². The third-order valence-electron chi connectivity index (χ3n) is 2.79. The molecule has 7 nitrogen and oxygen atoms in total. The van der Waals surface area contributed by atoms with Gasteiger partial charge in [-0.2, -0.15) is 0 Å². The fourth-order valence-corrected chi connectivity index (χ4v) is 1.87. The van der Waals surface area contributed by atoms with Crippen molar-refractivity contribution in [2.24, 2.45) is 10.9 Å². The number of hydrogen-bond donors (Lipinski definition) is 2. The summed E-state index contributed by atoms with van der Waals surface area (Å²) in [4.78, 5) is 4.03. The first-order valence-corrected chi connectivity index (χ1v) is 6.60. The van der Waals surface area contributed by atoms with E-state index in [1.165, 1.54) is 0 Å². The van der Waals surface area contributed by atoms with Gasteiger partial charge in [0.25, 0.3) is 0 Å². The van der Waals surface area contributed by atoms with Crippen LogP contribution in [0.25, 0.3) is 0 Å². The molecule has 0 spiro atoms. The summed E-state index contributed by atoms with van der Waals surface area (Å²) in [5.74, 6) is 1.76. The quantitative estimate of drug-likeness (QED) is 0.348. The molecule has 21 heavy (non-hydrogen) atoms. The molecule has 0 saturated heterocycles. The number of imidazole rings is 1. The van der Waals surface area contributed by atoms with Crippen molar-refractivity contribution in [2.45, 2.75) is 13.5 Å². The molecule has 0 aliphatic carbocycles. The van der Waals surface area contributed by atoms with Gasteiger partial charge in [-0.1, -0.05) is 17.3 Å². The van der Waals surface area contributed by atoms with Gasteiger partial charge < -0.3 is 25.0 Å². The van der Waals surface area contributed by atoms with Crippen LogP contribution in [0.5, 0.6) is 11.5 Å². The molecule has 2 rings (SSSR count). The van der Waals surface area contributed by atoms with Gasteiger partial charge in [0.1, 0.15) is 6.61 Å². The summed E-state index contributed by atoms with van der Waals surface area (Å²) < 4.78 is 13.0. The minimum absolute atomic E-state index is 0.0327. The fourth-order valence-electron chi connectivity index (χ4n) is 1.87. The van der Waals surface area contributed by atoms with Crippen molar-refractivity contribution >= 4 is 5.84 Å². The van der Waals surface area contributed by atoms with E-state index in [1.807, 2.05) is 31.2 Å². The smallest absolute Gasteiger partial charge is 0.206 e. The van der Waals surface area contributed by atoms with Gasteiger partial charge in [-0.15, -0.1) is 0 Å². The lowest BCUT2D eigenvalue weighted by Crippen LogP contribution is -2.21. The van der Waals surface area contributed by atoms with E-state index < -0.39 is 0 Å². The van der Waals surface area contributed by atoms with Crippen LogP contribution in [-0.2, 0) is 6.54 Å². The third-order valence-corrected chi connectivity index (χ3v) is 2.79. The topological polar surface area (TPSA) is 94.9 Å². The predicted molar refractivity (Wildman–Crippen MR) is 77.8 cm³/mol. The third kappa shape index (κ3) is 3.65. The van der Waals surface area contributed by atoms with E-state index >= 15 is 0 Å². The molecule has 0 bridgehead atoms. The number of rotatable bonds is 7. The molecule has 0 radical (unpaired) electrons. The number of benzene rings is 1. The predicted octanol–water partition coefficient (Wildman–Crippen LogP) is 1.46. The molecule has 2 aromatic rings. The molecule has 7 heteroatoms. The maximum absolute atomic E-state index is 8.69. The van der Waals surface area contributed by atoms with Crippen LogP contribution in [0, 0.1) is 0 Å². The fraction of sp³-hybridized carbons (Fsp3) is 0.286. The van der Waals surface area contributed by atoms with Crippen LogP contribution >= 0.6 is 0 Å². The SMILES string of the molecule is CCOc1ccccc1OCCn1ccnc1/C(N)=N/O. The van der Waals surface area contributed by atoms with Gasteiger partial charge in [0.15, 0.2) is 17.3 Å². The summed E-state index contributed by atoms with van der Waals surface area (Å²) in [5.41, 5.74) is 5.54. The highest BCUT2D eigenvalue weighted by molar-refractivity contribution is 5.93. The Morgan fingerprint density at radius 3 is 2.71 bits per heavy atom. The molecule has 0 saturated carbocycles. The van der Waals surface area contributed by atoms with Gasteiger partial charge in [-0.05, 0) is 19.1 Å². The minimum Gasteiger partial charge on any atom is -0.490 e. The second-order valence-electron chi connectivity index (χ2n) is 4.16. The van der Waals surface area contributed by atoms with Crippen molar-refractivity contribution in [2.75, 3.05) is 13.2 Å². The Hall–Kier alpha value is -2.70. The minimum atomic E-state index is -0.0327. The first-order chi connectivity index (χ1) is 10.3. The number of nitrogens with zero attached hydrogens (tertiary/aromatic N) is 3. The van der Waals surface area contributed by atoms with Crippen molar-refractivity contribution < 1.29 is 14.7 Å². The Morgan fingerprint density at radius 1 is 1.33 bits per heavy atom. The Bertz CT molecular complexity index is 610. The first-order valence-electron chi connectivity index (χ1n) is 6.60.